The number of para-hydroxylation sites is 4. The van der Waals surface area contributed by atoms with Crippen LogP contribution in [0.5, 0.6) is 0 Å². The number of rotatable bonds is 10. The molecule has 0 aliphatic rings. The second-order valence-electron chi connectivity index (χ2n) is 11.5. The third-order valence-electron chi connectivity index (χ3n) is 8.21. The van der Waals surface area contributed by atoms with Crippen molar-refractivity contribution in [1.29, 1.82) is 0 Å². The summed E-state index contributed by atoms with van der Waals surface area (Å²) in [7, 11) is 0. The van der Waals surface area contributed by atoms with Gasteiger partial charge in [-0.2, -0.15) is 0 Å². The first-order chi connectivity index (χ1) is 23.8. The van der Waals surface area contributed by atoms with Crippen LogP contribution in [0.2, 0.25) is 0 Å². The molecule has 230 valence electrons. The largest absolute Gasteiger partial charge is 0.311 e. The predicted molar refractivity (Wildman–Crippen MR) is 207 cm³/mol. The van der Waals surface area contributed by atoms with E-state index in [4.69, 9.17) is 0 Å². The molecular weight excluding hydrogens is 581 g/mol. The van der Waals surface area contributed by atoms with Crippen LogP contribution in [-0.4, -0.2) is 0 Å². The highest BCUT2D eigenvalue weighted by molar-refractivity contribution is 5.80. The Kier molecular flexibility index (Phi) is 9.34. The van der Waals surface area contributed by atoms with Crippen LogP contribution in [0.3, 0.4) is 0 Å². The molecule has 0 radical (unpaired) electrons. The predicted octanol–water partition coefficient (Wildman–Crippen LogP) is 13.0. The first-order valence-electron chi connectivity index (χ1n) is 16.3. The molecule has 0 fully saturated rings. The van der Waals surface area contributed by atoms with Crippen molar-refractivity contribution < 1.29 is 0 Å². The van der Waals surface area contributed by atoms with Gasteiger partial charge in [0, 0.05) is 34.1 Å². The molecule has 48 heavy (non-hydrogen) atoms. The molecule has 7 aromatic rings. The smallest absolute Gasteiger partial charge is 0.0462 e. The van der Waals surface area contributed by atoms with E-state index < -0.39 is 0 Å². The van der Waals surface area contributed by atoms with Gasteiger partial charge in [-0.3, -0.25) is 0 Å². The summed E-state index contributed by atoms with van der Waals surface area (Å²) in [5.74, 6) is 0. The highest BCUT2D eigenvalue weighted by Gasteiger charge is 2.12. The maximum Gasteiger partial charge on any atom is 0.0462 e. The van der Waals surface area contributed by atoms with Gasteiger partial charge >= 0.3 is 0 Å². The van der Waals surface area contributed by atoms with E-state index in [0.717, 1.165) is 56.4 Å². The number of nitrogens with zero attached hydrogens (tertiary/aromatic N) is 2. The fourth-order valence-electron chi connectivity index (χ4n) is 5.82. The molecule has 0 heterocycles. The zero-order valence-electron chi connectivity index (χ0n) is 26.7. The monoisotopic (exact) mass is 616 g/mol. The van der Waals surface area contributed by atoms with Crippen LogP contribution in [0.15, 0.2) is 194 Å². The molecular formula is C46H36N2. The molecule has 0 saturated heterocycles. The highest BCUT2D eigenvalue weighted by atomic mass is 15.1. The Morgan fingerprint density at radius 2 is 0.500 bits per heavy atom. The maximum absolute atomic E-state index is 2.28. The van der Waals surface area contributed by atoms with Crippen LogP contribution in [-0.2, 0) is 0 Å². The van der Waals surface area contributed by atoms with E-state index in [9.17, 15) is 0 Å². The number of hydrogen-bond acceptors (Lipinski definition) is 2. The molecule has 2 heteroatoms. The van der Waals surface area contributed by atoms with E-state index in [2.05, 4.69) is 228 Å². The standard InChI is InChI=1S/C46H36N2/c1-5-16-41(17-6-1)47(42-18-7-2-8-19-42)45-32-28-37(29-33-45)24-26-39-14-13-15-40(36-39)27-25-38-30-34-46(35-31-38)48(43-20-9-3-10-21-43)44-22-11-4-12-23-44/h1-36H. The minimum Gasteiger partial charge on any atom is -0.311 e. The van der Waals surface area contributed by atoms with Gasteiger partial charge in [0.15, 0.2) is 0 Å². The van der Waals surface area contributed by atoms with E-state index in [1.165, 1.54) is 0 Å². The van der Waals surface area contributed by atoms with Gasteiger partial charge < -0.3 is 9.80 Å². The molecule has 0 atom stereocenters. The summed E-state index contributed by atoms with van der Waals surface area (Å²) in [6.45, 7) is 0. The maximum atomic E-state index is 2.28. The molecule has 0 saturated carbocycles. The Morgan fingerprint density at radius 1 is 0.229 bits per heavy atom. The lowest BCUT2D eigenvalue weighted by molar-refractivity contribution is 1.28. The molecule has 2 nitrogen and oxygen atoms in total. The fraction of sp³-hybridized carbons (Fsp3) is 0. The topological polar surface area (TPSA) is 6.48 Å². The fourth-order valence-corrected chi connectivity index (χ4v) is 5.82. The van der Waals surface area contributed by atoms with Gasteiger partial charge in [-0.1, -0.05) is 140 Å². The number of anilines is 6. The lowest BCUT2D eigenvalue weighted by Crippen LogP contribution is -2.09. The van der Waals surface area contributed by atoms with Gasteiger partial charge in [0.25, 0.3) is 0 Å². The second-order valence-corrected chi connectivity index (χ2v) is 11.5. The average Bonchev–Trinajstić information content (AvgIpc) is 3.16. The van der Waals surface area contributed by atoms with Crippen LogP contribution in [0.1, 0.15) is 22.3 Å². The number of benzene rings is 7. The van der Waals surface area contributed by atoms with E-state index in [-0.39, 0.29) is 0 Å². The van der Waals surface area contributed by atoms with E-state index in [0.29, 0.717) is 0 Å². The molecule has 0 bridgehead atoms. The Hall–Kier alpha value is -6.38. The third kappa shape index (κ3) is 7.36. The van der Waals surface area contributed by atoms with Crippen LogP contribution < -0.4 is 9.80 Å². The summed E-state index contributed by atoms with van der Waals surface area (Å²) < 4.78 is 0. The van der Waals surface area contributed by atoms with Crippen molar-refractivity contribution in [3.63, 3.8) is 0 Å². The van der Waals surface area contributed by atoms with Crippen molar-refractivity contribution in [2.24, 2.45) is 0 Å². The normalized spacial score (nSPS) is 11.2. The molecule has 0 amide bonds. The van der Waals surface area contributed by atoms with Gasteiger partial charge in [-0.05, 0) is 101 Å². The lowest BCUT2D eigenvalue weighted by atomic mass is 10.1. The van der Waals surface area contributed by atoms with Gasteiger partial charge in [0.05, 0.1) is 0 Å². The lowest BCUT2D eigenvalue weighted by Gasteiger charge is -2.25. The zero-order valence-corrected chi connectivity index (χ0v) is 26.7. The van der Waals surface area contributed by atoms with Crippen LogP contribution in [0.4, 0.5) is 34.1 Å². The summed E-state index contributed by atoms with van der Waals surface area (Å²) in [4.78, 5) is 4.55. The summed E-state index contributed by atoms with van der Waals surface area (Å²) in [5, 5.41) is 0. The van der Waals surface area contributed by atoms with E-state index >= 15 is 0 Å². The minimum absolute atomic E-state index is 1.12. The Morgan fingerprint density at radius 3 is 0.812 bits per heavy atom. The van der Waals surface area contributed by atoms with Crippen molar-refractivity contribution in [2.75, 3.05) is 9.80 Å². The first-order valence-corrected chi connectivity index (χ1v) is 16.3. The second kappa shape index (κ2) is 14.8. The average molecular weight is 617 g/mol. The van der Waals surface area contributed by atoms with Crippen molar-refractivity contribution in [1.82, 2.24) is 0 Å². The van der Waals surface area contributed by atoms with Crippen molar-refractivity contribution in [2.45, 2.75) is 0 Å². The van der Waals surface area contributed by atoms with E-state index in [1.807, 2.05) is 0 Å². The number of hydrogen-bond donors (Lipinski definition) is 0. The van der Waals surface area contributed by atoms with Crippen molar-refractivity contribution in [3.8, 4) is 0 Å². The summed E-state index contributed by atoms with van der Waals surface area (Å²) in [5.41, 5.74) is 11.4. The van der Waals surface area contributed by atoms with Crippen LogP contribution >= 0.6 is 0 Å². The van der Waals surface area contributed by atoms with Crippen molar-refractivity contribution in [3.05, 3.63) is 216 Å². The molecule has 0 aliphatic heterocycles. The zero-order chi connectivity index (χ0) is 32.4. The van der Waals surface area contributed by atoms with E-state index in [1.54, 1.807) is 0 Å². The highest BCUT2D eigenvalue weighted by Crippen LogP contribution is 2.35. The molecule has 0 aromatic heterocycles. The third-order valence-corrected chi connectivity index (χ3v) is 8.21. The molecule has 7 aromatic carbocycles. The Labute approximate surface area is 283 Å². The van der Waals surface area contributed by atoms with Gasteiger partial charge in [-0.25, -0.2) is 0 Å². The quantitative estimate of drug-likeness (QED) is 0.141. The molecule has 0 N–H and O–H groups in total. The first kappa shape index (κ1) is 30.3. The van der Waals surface area contributed by atoms with Gasteiger partial charge in [0.2, 0.25) is 0 Å². The Bertz CT molecular complexity index is 1850. The molecule has 0 unspecified atom stereocenters. The SMILES string of the molecule is C(=Cc1cccc(C=Cc2ccc(N(c3ccccc3)c3ccccc3)cc2)c1)c1ccc(N(c2ccccc2)c2ccccc2)cc1. The minimum atomic E-state index is 1.12. The van der Waals surface area contributed by atoms with Crippen LogP contribution in [0.25, 0.3) is 24.3 Å². The molecule has 0 aliphatic carbocycles. The van der Waals surface area contributed by atoms with Gasteiger partial charge in [-0.15, -0.1) is 0 Å². The molecule has 7 rings (SSSR count). The molecule has 0 spiro atoms. The Balaban J connectivity index is 1.05. The summed E-state index contributed by atoms with van der Waals surface area (Å²) >= 11 is 0. The summed E-state index contributed by atoms with van der Waals surface area (Å²) in [6, 6.07) is 68.0. The van der Waals surface area contributed by atoms with Crippen LogP contribution in [0, 0.1) is 0 Å². The summed E-state index contributed by atoms with van der Waals surface area (Å²) in [6.07, 6.45) is 8.70. The van der Waals surface area contributed by atoms with Crippen molar-refractivity contribution >= 4 is 58.4 Å². The van der Waals surface area contributed by atoms with Gasteiger partial charge in [0.1, 0.15) is 0 Å².